The predicted molar refractivity (Wildman–Crippen MR) is 147 cm³/mol. The Labute approximate surface area is 239 Å². The average molecular weight is 587 g/mol. The number of furan rings is 1. The van der Waals surface area contributed by atoms with Crippen molar-refractivity contribution in [2.45, 2.75) is 65.8 Å². The van der Waals surface area contributed by atoms with E-state index in [1.54, 1.807) is 66.7 Å². The zero-order valence-electron chi connectivity index (χ0n) is 24.3. The number of alkyl halides is 3. The summed E-state index contributed by atoms with van der Waals surface area (Å²) in [6.45, 7) is 10.9. The van der Waals surface area contributed by atoms with E-state index in [0.717, 1.165) is 6.26 Å². The number of benzene rings is 1. The fourth-order valence-electron chi connectivity index (χ4n) is 4.44. The van der Waals surface area contributed by atoms with Crippen LogP contribution in [0.15, 0.2) is 34.9 Å². The molecule has 2 amide bonds. The second-order valence-corrected chi connectivity index (χ2v) is 11.4. The number of imide groups is 1. The third kappa shape index (κ3) is 5.44. The summed E-state index contributed by atoms with van der Waals surface area (Å²) in [6, 6.07) is 7.74. The van der Waals surface area contributed by atoms with E-state index in [4.69, 9.17) is 18.6 Å². The van der Waals surface area contributed by atoms with Crippen LogP contribution in [0.1, 0.15) is 58.4 Å². The minimum absolute atomic E-state index is 0.115. The molecule has 13 heteroatoms. The van der Waals surface area contributed by atoms with Crippen molar-refractivity contribution in [2.75, 3.05) is 12.0 Å². The van der Waals surface area contributed by atoms with E-state index in [1.807, 2.05) is 0 Å². The molecule has 0 bridgehead atoms. The van der Waals surface area contributed by atoms with Crippen molar-refractivity contribution < 1.29 is 41.4 Å². The molecule has 4 aromatic rings. The Morgan fingerprint density at radius 3 is 2.12 bits per heavy atom. The molecular formula is C29H29F3N4O6. The van der Waals surface area contributed by atoms with E-state index in [2.05, 4.69) is 4.98 Å². The fraction of sp³-hybridized carbons (Fsp3) is 0.379. The molecule has 3 aromatic heterocycles. The fourth-order valence-corrected chi connectivity index (χ4v) is 4.44. The number of aromatic nitrogens is 2. The first-order valence-corrected chi connectivity index (χ1v) is 12.7. The summed E-state index contributed by atoms with van der Waals surface area (Å²) >= 11 is 0. The number of carbonyl (C=O) groups is 2. The molecule has 4 rings (SSSR count). The van der Waals surface area contributed by atoms with Gasteiger partial charge in [0.15, 0.2) is 17.1 Å². The zero-order chi connectivity index (χ0) is 31.4. The Balaban J connectivity index is 2.31. The first-order valence-electron chi connectivity index (χ1n) is 12.7. The first-order chi connectivity index (χ1) is 19.4. The van der Waals surface area contributed by atoms with Crippen molar-refractivity contribution >= 4 is 40.0 Å². The van der Waals surface area contributed by atoms with Gasteiger partial charge >= 0.3 is 18.4 Å². The molecule has 0 saturated heterocycles. The van der Waals surface area contributed by atoms with Gasteiger partial charge in [-0.1, -0.05) is 6.07 Å². The van der Waals surface area contributed by atoms with Gasteiger partial charge in [-0.15, -0.1) is 0 Å². The topological polar surface area (TPSA) is 120 Å². The van der Waals surface area contributed by atoms with Gasteiger partial charge in [-0.05, 0) is 60.6 Å². The second-order valence-electron chi connectivity index (χ2n) is 11.4. The molecule has 0 N–H and O–H groups in total. The number of ether oxygens (including phenoxy) is 3. The molecule has 0 atom stereocenters. The highest BCUT2D eigenvalue weighted by Gasteiger charge is 2.43. The van der Waals surface area contributed by atoms with E-state index >= 15 is 0 Å². The first kappa shape index (κ1) is 30.2. The second kappa shape index (κ2) is 10.3. The van der Waals surface area contributed by atoms with Crippen molar-refractivity contribution in [3.8, 4) is 17.5 Å². The van der Waals surface area contributed by atoms with Crippen LogP contribution in [0.25, 0.3) is 27.7 Å². The highest BCUT2D eigenvalue weighted by atomic mass is 19.4. The summed E-state index contributed by atoms with van der Waals surface area (Å²) in [6.07, 6.45) is -6.45. The van der Waals surface area contributed by atoms with Crippen molar-refractivity contribution in [3.05, 3.63) is 47.3 Å². The molecule has 0 saturated carbocycles. The molecule has 10 nitrogen and oxygen atoms in total. The zero-order valence-corrected chi connectivity index (χ0v) is 24.3. The molecule has 3 heterocycles. The lowest BCUT2D eigenvalue weighted by molar-refractivity contribution is -0.139. The third-order valence-electron chi connectivity index (χ3n) is 5.93. The van der Waals surface area contributed by atoms with Crippen LogP contribution < -0.4 is 9.64 Å². The number of amides is 2. The van der Waals surface area contributed by atoms with Gasteiger partial charge in [-0.3, -0.25) is 4.57 Å². The van der Waals surface area contributed by atoms with Gasteiger partial charge in [-0.2, -0.15) is 23.3 Å². The number of fused-ring (bicyclic) bond motifs is 3. The van der Waals surface area contributed by atoms with Crippen molar-refractivity contribution in [2.24, 2.45) is 0 Å². The maximum absolute atomic E-state index is 14.5. The number of anilines is 1. The molecule has 42 heavy (non-hydrogen) atoms. The van der Waals surface area contributed by atoms with Gasteiger partial charge in [0.25, 0.3) is 0 Å². The average Bonchev–Trinajstić information content (AvgIpc) is 3.43. The van der Waals surface area contributed by atoms with Gasteiger partial charge in [0.2, 0.25) is 0 Å². The number of nitriles is 1. The van der Waals surface area contributed by atoms with Crippen LogP contribution in [0.4, 0.5) is 28.6 Å². The summed E-state index contributed by atoms with van der Waals surface area (Å²) in [4.78, 5) is 31.6. The number of hydrogen-bond acceptors (Lipinski definition) is 8. The molecule has 0 fully saturated rings. The van der Waals surface area contributed by atoms with Crippen LogP contribution in [0.5, 0.6) is 5.75 Å². The van der Waals surface area contributed by atoms with Gasteiger partial charge < -0.3 is 18.6 Å². The molecule has 0 aliphatic rings. The number of methoxy groups -OCH3 is 1. The van der Waals surface area contributed by atoms with E-state index in [-0.39, 0.29) is 22.3 Å². The van der Waals surface area contributed by atoms with Gasteiger partial charge in [0.05, 0.1) is 24.4 Å². The number of carbonyl (C=O) groups excluding carboxylic acids is 2. The number of nitrogens with zero attached hydrogens (tertiary/aromatic N) is 4. The molecule has 0 unspecified atom stereocenters. The van der Waals surface area contributed by atoms with Crippen LogP contribution in [-0.4, -0.2) is 40.0 Å². The van der Waals surface area contributed by atoms with Crippen molar-refractivity contribution in [1.82, 2.24) is 9.55 Å². The lowest BCUT2D eigenvalue weighted by Gasteiger charge is -2.29. The normalized spacial score (nSPS) is 12.3. The van der Waals surface area contributed by atoms with Crippen LogP contribution in [0.2, 0.25) is 0 Å². The SMILES string of the molecule is COc1cccc(-n2c(N(C(=O)OC(C)(C)C)C(=O)OC(C)(C)C)c(C#N)c3c(C(F)(F)F)nc4ccoc4c32)c1C. The van der Waals surface area contributed by atoms with Gasteiger partial charge in [0.1, 0.15) is 39.6 Å². The van der Waals surface area contributed by atoms with E-state index < -0.39 is 52.0 Å². The third-order valence-corrected chi connectivity index (χ3v) is 5.93. The monoisotopic (exact) mass is 586 g/mol. The summed E-state index contributed by atoms with van der Waals surface area (Å²) in [5.74, 6) is -0.204. The van der Waals surface area contributed by atoms with E-state index in [0.29, 0.717) is 16.2 Å². The lowest BCUT2D eigenvalue weighted by atomic mass is 10.1. The van der Waals surface area contributed by atoms with Gasteiger partial charge in [0, 0.05) is 11.6 Å². The lowest BCUT2D eigenvalue weighted by Crippen LogP contribution is -2.45. The maximum Gasteiger partial charge on any atom is 0.434 e. The Hall–Kier alpha value is -4.73. The van der Waals surface area contributed by atoms with Crippen molar-refractivity contribution in [3.63, 3.8) is 0 Å². The van der Waals surface area contributed by atoms with Crippen molar-refractivity contribution in [1.29, 1.82) is 5.26 Å². The highest BCUT2D eigenvalue weighted by Crippen LogP contribution is 2.46. The molecule has 0 radical (unpaired) electrons. The Morgan fingerprint density at radius 2 is 1.62 bits per heavy atom. The summed E-state index contributed by atoms with van der Waals surface area (Å²) in [5.41, 5.74) is -4.29. The molecular weight excluding hydrogens is 557 g/mol. The molecule has 1 aromatic carbocycles. The van der Waals surface area contributed by atoms with E-state index in [9.17, 15) is 28.0 Å². The van der Waals surface area contributed by atoms with Crippen LogP contribution in [0.3, 0.4) is 0 Å². The maximum atomic E-state index is 14.5. The standard InChI is InChI=1S/C29H29F3N4O6/c1-15-18(10-9-11-19(15)39-8)35-21-20(23(29(30,31)32)34-17-12-13-40-22(17)21)16(14-33)24(35)36(25(37)41-27(2,3)4)26(38)42-28(5,6)7/h9-13H,1-8H3. The summed E-state index contributed by atoms with van der Waals surface area (Å²) in [5, 5.41) is 9.71. The van der Waals surface area contributed by atoms with Gasteiger partial charge in [-0.25, -0.2) is 14.6 Å². The Kier molecular flexibility index (Phi) is 7.40. The molecule has 222 valence electrons. The molecule has 0 spiro atoms. The Morgan fingerprint density at radius 1 is 1.02 bits per heavy atom. The molecule has 0 aliphatic carbocycles. The number of halogens is 3. The van der Waals surface area contributed by atoms with E-state index in [1.165, 1.54) is 23.8 Å². The summed E-state index contributed by atoms with van der Waals surface area (Å²) < 4.78 is 66.8. The van der Waals surface area contributed by atoms with Crippen LogP contribution in [0, 0.1) is 18.3 Å². The highest BCUT2D eigenvalue weighted by molar-refractivity contribution is 6.16. The largest absolute Gasteiger partial charge is 0.496 e. The quantitative estimate of drug-likeness (QED) is 0.240. The minimum Gasteiger partial charge on any atom is -0.496 e. The number of hydrogen-bond donors (Lipinski definition) is 0. The minimum atomic E-state index is -5.04. The van der Waals surface area contributed by atoms with Crippen LogP contribution in [-0.2, 0) is 15.7 Å². The Bertz CT molecular complexity index is 1720. The smallest absolute Gasteiger partial charge is 0.434 e. The number of rotatable bonds is 3. The molecule has 0 aliphatic heterocycles. The predicted octanol–water partition coefficient (Wildman–Crippen LogP) is 7.66. The summed E-state index contributed by atoms with van der Waals surface area (Å²) in [7, 11) is 1.41. The van der Waals surface area contributed by atoms with Crippen LogP contribution >= 0.6 is 0 Å². The number of pyridine rings is 1.